The fourth-order valence-electron chi connectivity index (χ4n) is 7.94. The molecule has 0 fully saturated rings. The molecule has 0 radical (unpaired) electrons. The summed E-state index contributed by atoms with van der Waals surface area (Å²) in [6.07, 6.45) is 0. The topological polar surface area (TPSA) is 24.3 Å². The van der Waals surface area contributed by atoms with Crippen molar-refractivity contribution < 1.29 is 0 Å². The molecule has 4 heteroatoms. The first-order valence-corrected chi connectivity index (χ1v) is 16.0. The summed E-state index contributed by atoms with van der Waals surface area (Å²) >= 11 is 0. The highest BCUT2D eigenvalue weighted by Crippen LogP contribution is 2.58. The van der Waals surface area contributed by atoms with Crippen LogP contribution in [-0.2, 0) is 11.0 Å². The number of nitrogens with zero attached hydrogens (tertiary/aromatic N) is 4. The number of benzene rings is 6. The lowest BCUT2D eigenvalue weighted by atomic mass is 9.62. The SMILES string of the molecule is CN1c2nc3ccccc3n2-c2ccc(N3c4ccccc4C(c4ccccc4)(c4ccccc4)c4ccccc43)cc2C1(C)C. The minimum Gasteiger partial charge on any atom is -0.336 e. The lowest BCUT2D eigenvalue weighted by Crippen LogP contribution is -2.44. The largest absolute Gasteiger partial charge is 0.336 e. The molecule has 0 unspecified atom stereocenters. The van der Waals surface area contributed by atoms with Crippen LogP contribution in [0.5, 0.6) is 0 Å². The van der Waals surface area contributed by atoms with Crippen molar-refractivity contribution in [1.82, 2.24) is 9.55 Å². The maximum absolute atomic E-state index is 5.05. The van der Waals surface area contributed by atoms with E-state index >= 15 is 0 Å². The highest BCUT2D eigenvalue weighted by atomic mass is 15.4. The van der Waals surface area contributed by atoms with E-state index in [0.717, 1.165) is 22.7 Å². The summed E-state index contributed by atoms with van der Waals surface area (Å²) in [7, 11) is 2.16. The van der Waals surface area contributed by atoms with Crippen molar-refractivity contribution in [3.05, 3.63) is 179 Å². The second kappa shape index (κ2) is 9.69. The molecular formula is C42H34N4. The van der Waals surface area contributed by atoms with Crippen LogP contribution in [0.3, 0.4) is 0 Å². The van der Waals surface area contributed by atoms with Gasteiger partial charge < -0.3 is 9.80 Å². The molecule has 3 heterocycles. The van der Waals surface area contributed by atoms with Gasteiger partial charge >= 0.3 is 0 Å². The van der Waals surface area contributed by atoms with E-state index in [1.165, 1.54) is 44.9 Å². The van der Waals surface area contributed by atoms with Crippen LogP contribution >= 0.6 is 0 Å². The smallest absolute Gasteiger partial charge is 0.211 e. The Bertz CT molecular complexity index is 2180. The average molecular weight is 595 g/mol. The van der Waals surface area contributed by atoms with Crippen molar-refractivity contribution in [1.29, 1.82) is 0 Å². The van der Waals surface area contributed by atoms with Crippen LogP contribution in [0.15, 0.2) is 152 Å². The van der Waals surface area contributed by atoms with Crippen molar-refractivity contribution >= 4 is 34.0 Å². The molecule has 222 valence electrons. The summed E-state index contributed by atoms with van der Waals surface area (Å²) in [6, 6.07) is 55.3. The number of fused-ring (bicyclic) bond motifs is 7. The first kappa shape index (κ1) is 26.8. The van der Waals surface area contributed by atoms with E-state index in [0.29, 0.717) is 0 Å². The molecule has 0 saturated carbocycles. The minimum atomic E-state index is -0.482. The van der Waals surface area contributed by atoms with Crippen molar-refractivity contribution in [2.45, 2.75) is 24.8 Å². The first-order chi connectivity index (χ1) is 22.5. The van der Waals surface area contributed by atoms with Gasteiger partial charge in [0.05, 0.1) is 39.0 Å². The van der Waals surface area contributed by atoms with E-state index in [9.17, 15) is 0 Å². The van der Waals surface area contributed by atoms with Crippen LogP contribution < -0.4 is 9.80 Å². The van der Waals surface area contributed by atoms with Gasteiger partial charge in [-0.05, 0) is 78.6 Å². The van der Waals surface area contributed by atoms with Gasteiger partial charge in [-0.2, -0.15) is 0 Å². The maximum atomic E-state index is 5.05. The molecule has 0 spiro atoms. The summed E-state index contributed by atoms with van der Waals surface area (Å²) in [5, 5.41) is 0. The Hall–Kier alpha value is -5.61. The number of para-hydroxylation sites is 4. The molecule has 2 aliphatic rings. The summed E-state index contributed by atoms with van der Waals surface area (Å²) in [5.74, 6) is 0.968. The maximum Gasteiger partial charge on any atom is 0.211 e. The molecule has 0 saturated heterocycles. The summed E-state index contributed by atoms with van der Waals surface area (Å²) in [4.78, 5) is 9.83. The third-order valence-electron chi connectivity index (χ3n) is 10.3. The zero-order valence-electron chi connectivity index (χ0n) is 26.2. The first-order valence-electron chi connectivity index (χ1n) is 16.0. The molecule has 7 aromatic rings. The molecule has 0 bridgehead atoms. The molecule has 0 amide bonds. The monoisotopic (exact) mass is 594 g/mol. The van der Waals surface area contributed by atoms with E-state index < -0.39 is 5.41 Å². The number of rotatable bonds is 3. The Kier molecular flexibility index (Phi) is 5.64. The van der Waals surface area contributed by atoms with Crippen LogP contribution in [0, 0.1) is 0 Å². The third kappa shape index (κ3) is 3.47. The molecule has 2 aliphatic heterocycles. The van der Waals surface area contributed by atoms with E-state index in [4.69, 9.17) is 4.98 Å². The van der Waals surface area contributed by atoms with Crippen molar-refractivity contribution in [2.24, 2.45) is 0 Å². The van der Waals surface area contributed by atoms with Gasteiger partial charge in [0, 0.05) is 18.3 Å². The zero-order valence-corrected chi connectivity index (χ0v) is 26.2. The number of aromatic nitrogens is 2. The summed E-state index contributed by atoms with van der Waals surface area (Å²) in [5.41, 5.74) is 12.4. The molecule has 0 N–H and O–H groups in total. The van der Waals surface area contributed by atoms with E-state index in [1.54, 1.807) is 0 Å². The molecule has 9 rings (SSSR count). The van der Waals surface area contributed by atoms with Gasteiger partial charge in [-0.15, -0.1) is 0 Å². The molecule has 0 atom stereocenters. The van der Waals surface area contributed by atoms with Crippen LogP contribution in [-0.4, -0.2) is 16.6 Å². The van der Waals surface area contributed by atoms with Gasteiger partial charge in [0.25, 0.3) is 0 Å². The Morgan fingerprint density at radius 3 is 1.70 bits per heavy atom. The van der Waals surface area contributed by atoms with Gasteiger partial charge in [-0.3, -0.25) is 4.57 Å². The fourth-order valence-corrected chi connectivity index (χ4v) is 7.94. The lowest BCUT2D eigenvalue weighted by Gasteiger charge is -2.47. The van der Waals surface area contributed by atoms with E-state index in [2.05, 4.69) is 187 Å². The third-order valence-corrected chi connectivity index (χ3v) is 10.3. The normalized spacial score (nSPS) is 15.5. The van der Waals surface area contributed by atoms with Crippen LogP contribution in [0.1, 0.15) is 41.7 Å². The minimum absolute atomic E-state index is 0.282. The van der Waals surface area contributed by atoms with Crippen molar-refractivity contribution in [3.63, 3.8) is 0 Å². The second-order valence-corrected chi connectivity index (χ2v) is 12.9. The number of imidazole rings is 1. The highest BCUT2D eigenvalue weighted by Gasteiger charge is 2.46. The predicted molar refractivity (Wildman–Crippen MR) is 189 cm³/mol. The van der Waals surface area contributed by atoms with Crippen molar-refractivity contribution in [2.75, 3.05) is 16.8 Å². The second-order valence-electron chi connectivity index (χ2n) is 12.9. The molecule has 0 aliphatic carbocycles. The Morgan fingerprint density at radius 1 is 0.522 bits per heavy atom. The number of anilines is 4. The summed E-state index contributed by atoms with van der Waals surface area (Å²) < 4.78 is 2.31. The quantitative estimate of drug-likeness (QED) is 0.203. The highest BCUT2D eigenvalue weighted by molar-refractivity contribution is 5.91. The number of hydrogen-bond acceptors (Lipinski definition) is 3. The lowest BCUT2D eigenvalue weighted by molar-refractivity contribution is 0.487. The molecule has 4 nitrogen and oxygen atoms in total. The molecule has 46 heavy (non-hydrogen) atoms. The summed E-state index contributed by atoms with van der Waals surface area (Å²) in [6.45, 7) is 4.60. The molecule has 1 aromatic heterocycles. The predicted octanol–water partition coefficient (Wildman–Crippen LogP) is 9.88. The average Bonchev–Trinajstić information content (AvgIpc) is 3.50. The van der Waals surface area contributed by atoms with Gasteiger partial charge in [0.15, 0.2) is 0 Å². The van der Waals surface area contributed by atoms with E-state index in [-0.39, 0.29) is 5.54 Å². The zero-order chi connectivity index (χ0) is 31.0. The van der Waals surface area contributed by atoms with Crippen LogP contribution in [0.25, 0.3) is 16.7 Å². The Morgan fingerprint density at radius 2 is 1.07 bits per heavy atom. The van der Waals surface area contributed by atoms with Gasteiger partial charge in [-0.25, -0.2) is 4.98 Å². The van der Waals surface area contributed by atoms with Gasteiger partial charge in [0.2, 0.25) is 5.95 Å². The standard InChI is InChI=1S/C42H34N4/c1-41(2)34-28-31(26-27-38(34)46-39-25-15-12-22-35(39)43-40(46)44(41)3)45-36-23-13-10-20-32(36)42(29-16-6-4-7-17-29,30-18-8-5-9-19-30)33-21-11-14-24-37(33)45/h4-28H,1-3H3. The Labute approximate surface area is 269 Å². The Balaban J connectivity index is 1.33. The van der Waals surface area contributed by atoms with Crippen LogP contribution in [0.4, 0.5) is 23.0 Å². The van der Waals surface area contributed by atoms with Gasteiger partial charge in [0.1, 0.15) is 0 Å². The van der Waals surface area contributed by atoms with Crippen LogP contribution in [0.2, 0.25) is 0 Å². The van der Waals surface area contributed by atoms with Crippen molar-refractivity contribution in [3.8, 4) is 5.69 Å². The number of hydrogen-bond donors (Lipinski definition) is 0. The van der Waals surface area contributed by atoms with E-state index in [1.807, 2.05) is 0 Å². The molecule has 6 aromatic carbocycles. The fraction of sp³-hybridized carbons (Fsp3) is 0.119. The molecular weight excluding hydrogens is 560 g/mol. The van der Waals surface area contributed by atoms with Gasteiger partial charge in [-0.1, -0.05) is 109 Å².